The third kappa shape index (κ3) is 6.59. The Morgan fingerprint density at radius 1 is 1.37 bits per heavy atom. The minimum absolute atomic E-state index is 0.0814. The molecule has 106 valence electrons. The summed E-state index contributed by atoms with van der Waals surface area (Å²) in [4.78, 5) is 19.7. The van der Waals surface area contributed by atoms with Crippen LogP contribution in [0.4, 0.5) is 5.82 Å². The van der Waals surface area contributed by atoms with E-state index in [0.717, 1.165) is 6.42 Å². The van der Waals surface area contributed by atoms with E-state index in [1.54, 1.807) is 6.07 Å². The summed E-state index contributed by atoms with van der Waals surface area (Å²) in [6, 6.07) is 1.68. The Hall–Kier alpha value is -1.85. The van der Waals surface area contributed by atoms with Crippen LogP contribution >= 0.6 is 0 Å². The number of rotatable bonds is 6. The van der Waals surface area contributed by atoms with Gasteiger partial charge < -0.3 is 15.4 Å². The monoisotopic (exact) mass is 266 g/mol. The zero-order valence-electron chi connectivity index (χ0n) is 12.0. The molecule has 0 bridgehead atoms. The third-order valence-corrected chi connectivity index (χ3v) is 2.04. The van der Waals surface area contributed by atoms with E-state index in [-0.39, 0.29) is 18.0 Å². The second-order valence-corrected chi connectivity index (χ2v) is 5.24. The summed E-state index contributed by atoms with van der Waals surface area (Å²) < 4.78 is 5.39. The van der Waals surface area contributed by atoms with Crippen molar-refractivity contribution in [2.45, 2.75) is 39.7 Å². The number of amides is 1. The van der Waals surface area contributed by atoms with Crippen LogP contribution in [0.2, 0.25) is 0 Å². The highest BCUT2D eigenvalue weighted by atomic mass is 16.5. The molecule has 2 N–H and O–H groups in total. The Morgan fingerprint density at radius 3 is 2.74 bits per heavy atom. The van der Waals surface area contributed by atoms with Crippen LogP contribution in [-0.2, 0) is 4.79 Å². The maximum absolute atomic E-state index is 11.6. The van der Waals surface area contributed by atoms with E-state index in [4.69, 9.17) is 4.74 Å². The first-order valence-corrected chi connectivity index (χ1v) is 6.40. The van der Waals surface area contributed by atoms with Gasteiger partial charge in [-0.15, -0.1) is 0 Å². The van der Waals surface area contributed by atoms with Gasteiger partial charge in [0.1, 0.15) is 12.1 Å². The molecule has 6 heteroatoms. The average molecular weight is 266 g/mol. The molecule has 0 fully saturated rings. The lowest BCUT2D eigenvalue weighted by atomic mass is 10.1. The molecule has 0 aliphatic rings. The molecule has 0 atom stereocenters. The third-order valence-electron chi connectivity index (χ3n) is 2.04. The fraction of sp³-hybridized carbons (Fsp3) is 0.615. The van der Waals surface area contributed by atoms with Crippen LogP contribution in [0.1, 0.15) is 34.1 Å². The number of hydrogen-bond acceptors (Lipinski definition) is 5. The first-order valence-electron chi connectivity index (χ1n) is 6.40. The molecule has 0 saturated heterocycles. The SMILES string of the molecule is CCCOc1cc(NCC(=O)NC(C)(C)C)ncn1. The first kappa shape index (κ1) is 15.2. The number of aromatic nitrogens is 2. The molecule has 1 aromatic heterocycles. The van der Waals surface area contributed by atoms with Crippen molar-refractivity contribution in [3.05, 3.63) is 12.4 Å². The molecule has 1 amide bonds. The lowest BCUT2D eigenvalue weighted by Crippen LogP contribution is -2.43. The molecule has 6 nitrogen and oxygen atoms in total. The summed E-state index contributed by atoms with van der Waals surface area (Å²) >= 11 is 0. The number of ether oxygens (including phenoxy) is 1. The molecule has 1 rings (SSSR count). The van der Waals surface area contributed by atoms with Crippen molar-refractivity contribution >= 4 is 11.7 Å². The van der Waals surface area contributed by atoms with Gasteiger partial charge in [-0.2, -0.15) is 0 Å². The van der Waals surface area contributed by atoms with E-state index in [1.807, 2.05) is 27.7 Å². The van der Waals surface area contributed by atoms with Gasteiger partial charge in [0.25, 0.3) is 0 Å². The molecule has 0 radical (unpaired) electrons. The molecule has 1 heterocycles. The number of carbonyl (C=O) groups is 1. The smallest absolute Gasteiger partial charge is 0.239 e. The highest BCUT2D eigenvalue weighted by molar-refractivity contribution is 5.81. The predicted octanol–water partition coefficient (Wildman–Crippen LogP) is 1.59. The van der Waals surface area contributed by atoms with Gasteiger partial charge in [0.2, 0.25) is 11.8 Å². The molecular weight excluding hydrogens is 244 g/mol. The molecule has 0 aliphatic carbocycles. The largest absolute Gasteiger partial charge is 0.478 e. The Morgan fingerprint density at radius 2 is 2.11 bits per heavy atom. The van der Waals surface area contributed by atoms with E-state index >= 15 is 0 Å². The second-order valence-electron chi connectivity index (χ2n) is 5.24. The van der Waals surface area contributed by atoms with Crippen molar-refractivity contribution < 1.29 is 9.53 Å². The summed E-state index contributed by atoms with van der Waals surface area (Å²) in [5.41, 5.74) is -0.236. The standard InChI is InChI=1S/C13H22N4O2/c1-5-6-19-12-7-10(15-9-16-12)14-8-11(18)17-13(2,3)4/h7,9H,5-6,8H2,1-4H3,(H,17,18)(H,14,15,16). The van der Waals surface area contributed by atoms with E-state index in [2.05, 4.69) is 20.6 Å². The molecule has 0 aromatic carbocycles. The van der Waals surface area contributed by atoms with Crippen LogP contribution < -0.4 is 15.4 Å². The molecule has 19 heavy (non-hydrogen) atoms. The maximum atomic E-state index is 11.6. The van der Waals surface area contributed by atoms with Gasteiger partial charge in [-0.05, 0) is 27.2 Å². The summed E-state index contributed by atoms with van der Waals surface area (Å²) in [5.74, 6) is 1.00. The van der Waals surface area contributed by atoms with Gasteiger partial charge in [0.05, 0.1) is 13.2 Å². The van der Waals surface area contributed by atoms with Crippen molar-refractivity contribution in [2.24, 2.45) is 0 Å². The maximum Gasteiger partial charge on any atom is 0.239 e. The highest BCUT2D eigenvalue weighted by Crippen LogP contribution is 2.10. The Bertz CT molecular complexity index is 415. The lowest BCUT2D eigenvalue weighted by Gasteiger charge is -2.20. The predicted molar refractivity (Wildman–Crippen MR) is 74.2 cm³/mol. The van der Waals surface area contributed by atoms with Crippen LogP contribution in [0.25, 0.3) is 0 Å². The van der Waals surface area contributed by atoms with Crippen molar-refractivity contribution in [2.75, 3.05) is 18.5 Å². The summed E-state index contributed by atoms with van der Waals surface area (Å²) in [7, 11) is 0. The van der Waals surface area contributed by atoms with Crippen LogP contribution in [0, 0.1) is 0 Å². The molecular formula is C13H22N4O2. The highest BCUT2D eigenvalue weighted by Gasteiger charge is 2.13. The fourth-order valence-electron chi connectivity index (χ4n) is 1.35. The summed E-state index contributed by atoms with van der Waals surface area (Å²) in [6.45, 7) is 8.62. The zero-order valence-corrected chi connectivity index (χ0v) is 12.0. The van der Waals surface area contributed by atoms with Crippen LogP contribution in [-0.4, -0.2) is 34.6 Å². The summed E-state index contributed by atoms with van der Waals surface area (Å²) in [5, 5.41) is 5.80. The van der Waals surface area contributed by atoms with Crippen molar-refractivity contribution in [1.29, 1.82) is 0 Å². The van der Waals surface area contributed by atoms with Gasteiger partial charge in [-0.1, -0.05) is 6.92 Å². The topological polar surface area (TPSA) is 76.1 Å². The van der Waals surface area contributed by atoms with E-state index in [1.165, 1.54) is 6.33 Å². The average Bonchev–Trinajstić information content (AvgIpc) is 2.32. The Balaban J connectivity index is 2.46. The zero-order chi connectivity index (χ0) is 14.3. The normalized spacial score (nSPS) is 10.9. The van der Waals surface area contributed by atoms with E-state index in [0.29, 0.717) is 18.3 Å². The fourth-order valence-corrected chi connectivity index (χ4v) is 1.35. The van der Waals surface area contributed by atoms with Gasteiger partial charge in [0.15, 0.2) is 0 Å². The van der Waals surface area contributed by atoms with Crippen LogP contribution in [0.3, 0.4) is 0 Å². The molecule has 0 spiro atoms. The molecule has 0 unspecified atom stereocenters. The van der Waals surface area contributed by atoms with Crippen LogP contribution in [0.15, 0.2) is 12.4 Å². The number of carbonyl (C=O) groups excluding carboxylic acids is 1. The van der Waals surface area contributed by atoms with Crippen molar-refractivity contribution in [1.82, 2.24) is 15.3 Å². The van der Waals surface area contributed by atoms with Gasteiger partial charge in [-0.3, -0.25) is 4.79 Å². The molecule has 0 aliphatic heterocycles. The number of nitrogens with zero attached hydrogens (tertiary/aromatic N) is 2. The van der Waals surface area contributed by atoms with E-state index in [9.17, 15) is 4.79 Å². The first-order chi connectivity index (χ1) is 8.90. The minimum Gasteiger partial charge on any atom is -0.478 e. The van der Waals surface area contributed by atoms with Gasteiger partial charge in [0, 0.05) is 11.6 Å². The molecule has 1 aromatic rings. The quantitative estimate of drug-likeness (QED) is 0.817. The van der Waals surface area contributed by atoms with Crippen molar-refractivity contribution in [3.63, 3.8) is 0 Å². The molecule has 0 saturated carbocycles. The summed E-state index contributed by atoms with van der Waals surface area (Å²) in [6.07, 6.45) is 2.33. The number of anilines is 1. The van der Waals surface area contributed by atoms with E-state index < -0.39 is 0 Å². The Kier molecular flexibility index (Phi) is 5.54. The minimum atomic E-state index is -0.236. The Labute approximate surface area is 114 Å². The van der Waals surface area contributed by atoms with Gasteiger partial charge >= 0.3 is 0 Å². The van der Waals surface area contributed by atoms with Gasteiger partial charge in [-0.25, -0.2) is 9.97 Å². The van der Waals surface area contributed by atoms with Crippen LogP contribution in [0.5, 0.6) is 5.88 Å². The second kappa shape index (κ2) is 6.92. The van der Waals surface area contributed by atoms with Crippen molar-refractivity contribution in [3.8, 4) is 5.88 Å². The number of nitrogens with one attached hydrogen (secondary N) is 2. The number of hydrogen-bond donors (Lipinski definition) is 2. The lowest BCUT2D eigenvalue weighted by molar-refractivity contribution is -0.120.